The van der Waals surface area contributed by atoms with E-state index in [1.54, 1.807) is 0 Å². The summed E-state index contributed by atoms with van der Waals surface area (Å²) in [6.45, 7) is 5.46. The molecular formula is C23H26ClN3O2. The Hall–Kier alpha value is -2.34. The predicted octanol–water partition coefficient (Wildman–Crippen LogP) is 4.24. The topological polar surface area (TPSA) is 37.8 Å². The molecule has 0 saturated carbocycles. The second-order valence-corrected chi connectivity index (χ2v) is 7.74. The number of aromatic nitrogens is 1. The van der Waals surface area contributed by atoms with E-state index in [0.717, 1.165) is 56.5 Å². The summed E-state index contributed by atoms with van der Waals surface area (Å²) in [5, 5.41) is 1.86. The molecule has 2 aromatic carbocycles. The number of hydrogen-bond donors (Lipinski definition) is 0. The van der Waals surface area contributed by atoms with Gasteiger partial charge in [-0.2, -0.15) is 0 Å². The third-order valence-electron chi connectivity index (χ3n) is 5.07. The Morgan fingerprint density at radius 1 is 1.10 bits per heavy atom. The van der Waals surface area contributed by atoms with Crippen LogP contribution in [-0.2, 0) is 11.3 Å². The number of hydrogen-bond acceptors (Lipinski definition) is 5. The predicted molar refractivity (Wildman–Crippen MR) is 118 cm³/mol. The van der Waals surface area contributed by atoms with Gasteiger partial charge in [-0.15, -0.1) is 0 Å². The van der Waals surface area contributed by atoms with E-state index in [9.17, 15) is 0 Å². The molecule has 29 heavy (non-hydrogen) atoms. The van der Waals surface area contributed by atoms with Crippen LogP contribution in [0.15, 0.2) is 54.6 Å². The lowest BCUT2D eigenvalue weighted by Gasteiger charge is -2.30. The molecule has 1 aliphatic heterocycles. The first-order chi connectivity index (χ1) is 14.2. The average molecular weight is 412 g/mol. The van der Waals surface area contributed by atoms with Crippen LogP contribution in [0.4, 0.5) is 5.82 Å². The maximum absolute atomic E-state index is 6.02. The monoisotopic (exact) mass is 411 g/mol. The van der Waals surface area contributed by atoms with E-state index in [1.807, 2.05) is 30.3 Å². The van der Waals surface area contributed by atoms with Crippen LogP contribution in [0.1, 0.15) is 5.56 Å². The molecule has 0 N–H and O–H groups in total. The molecule has 5 nitrogen and oxygen atoms in total. The zero-order valence-electron chi connectivity index (χ0n) is 16.7. The van der Waals surface area contributed by atoms with Crippen molar-refractivity contribution in [2.24, 2.45) is 0 Å². The van der Waals surface area contributed by atoms with Crippen molar-refractivity contribution >= 4 is 28.3 Å². The lowest BCUT2D eigenvalue weighted by Crippen LogP contribution is -2.38. The number of ether oxygens (including phenoxy) is 2. The standard InChI is InChI=1S/C23H26ClN3O2/c1-26(9-14-29-21-7-4-6-20(24)16-21)17-19-15-18-5-2-3-8-22(18)25-23(19)27-10-12-28-13-11-27/h2-8,15-16H,9-14,17H2,1H3. The summed E-state index contributed by atoms with van der Waals surface area (Å²) >= 11 is 6.02. The zero-order valence-corrected chi connectivity index (χ0v) is 17.4. The molecule has 0 unspecified atom stereocenters. The Labute approximate surface area is 176 Å². The number of likely N-dealkylation sites (N-methyl/N-ethyl adjacent to an activating group) is 1. The zero-order chi connectivity index (χ0) is 20.1. The Bertz CT molecular complexity index is 960. The van der Waals surface area contributed by atoms with E-state index in [0.29, 0.717) is 11.6 Å². The number of anilines is 1. The largest absolute Gasteiger partial charge is 0.492 e. The molecule has 0 aliphatic carbocycles. The molecule has 1 fully saturated rings. The van der Waals surface area contributed by atoms with E-state index in [4.69, 9.17) is 26.1 Å². The van der Waals surface area contributed by atoms with Gasteiger partial charge in [0, 0.05) is 42.2 Å². The van der Waals surface area contributed by atoms with Gasteiger partial charge >= 0.3 is 0 Å². The average Bonchev–Trinajstić information content (AvgIpc) is 2.74. The van der Waals surface area contributed by atoms with E-state index < -0.39 is 0 Å². The molecule has 4 rings (SSSR count). The van der Waals surface area contributed by atoms with Gasteiger partial charge < -0.3 is 14.4 Å². The number of morpholine rings is 1. The first-order valence-electron chi connectivity index (χ1n) is 9.97. The molecule has 2 heterocycles. The Kier molecular flexibility index (Phi) is 6.49. The van der Waals surface area contributed by atoms with Gasteiger partial charge in [-0.3, -0.25) is 4.90 Å². The quantitative estimate of drug-likeness (QED) is 0.581. The fraction of sp³-hybridized carbons (Fsp3) is 0.348. The maximum atomic E-state index is 6.02. The molecule has 1 saturated heterocycles. The van der Waals surface area contributed by atoms with Crippen LogP contribution < -0.4 is 9.64 Å². The minimum Gasteiger partial charge on any atom is -0.492 e. The van der Waals surface area contributed by atoms with Crippen LogP contribution in [0.5, 0.6) is 5.75 Å². The van der Waals surface area contributed by atoms with Gasteiger partial charge in [0.15, 0.2) is 0 Å². The number of pyridine rings is 1. The molecule has 0 bridgehead atoms. The highest BCUT2D eigenvalue weighted by Gasteiger charge is 2.18. The van der Waals surface area contributed by atoms with Crippen molar-refractivity contribution in [2.45, 2.75) is 6.54 Å². The van der Waals surface area contributed by atoms with Crippen LogP contribution >= 0.6 is 11.6 Å². The molecule has 0 atom stereocenters. The highest BCUT2D eigenvalue weighted by Crippen LogP contribution is 2.25. The summed E-state index contributed by atoms with van der Waals surface area (Å²) in [5.74, 6) is 1.86. The Morgan fingerprint density at radius 2 is 1.93 bits per heavy atom. The lowest BCUT2D eigenvalue weighted by atomic mass is 10.1. The Morgan fingerprint density at radius 3 is 2.76 bits per heavy atom. The second kappa shape index (κ2) is 9.44. The van der Waals surface area contributed by atoms with Crippen molar-refractivity contribution in [1.82, 2.24) is 9.88 Å². The first kappa shape index (κ1) is 20.0. The maximum Gasteiger partial charge on any atom is 0.133 e. The van der Waals surface area contributed by atoms with Crippen molar-refractivity contribution in [3.8, 4) is 5.75 Å². The van der Waals surface area contributed by atoms with E-state index in [2.05, 4.69) is 41.1 Å². The number of benzene rings is 2. The number of fused-ring (bicyclic) bond motifs is 1. The molecule has 0 radical (unpaired) electrons. The van der Waals surface area contributed by atoms with Gasteiger partial charge in [0.1, 0.15) is 18.2 Å². The van der Waals surface area contributed by atoms with Gasteiger partial charge in [0.25, 0.3) is 0 Å². The van der Waals surface area contributed by atoms with Crippen LogP contribution in [0, 0.1) is 0 Å². The molecule has 1 aliphatic rings. The Balaban J connectivity index is 1.46. The summed E-state index contributed by atoms with van der Waals surface area (Å²) in [7, 11) is 2.11. The molecule has 1 aromatic heterocycles. The first-order valence-corrected chi connectivity index (χ1v) is 10.3. The SMILES string of the molecule is CN(CCOc1cccc(Cl)c1)Cc1cc2ccccc2nc1N1CCOCC1. The summed E-state index contributed by atoms with van der Waals surface area (Å²) in [6.07, 6.45) is 0. The number of halogens is 1. The van der Waals surface area contributed by atoms with Crippen LogP contribution in [0.3, 0.4) is 0 Å². The highest BCUT2D eigenvalue weighted by molar-refractivity contribution is 6.30. The number of para-hydroxylation sites is 1. The number of nitrogens with zero attached hydrogens (tertiary/aromatic N) is 3. The van der Waals surface area contributed by atoms with Gasteiger partial charge in [-0.1, -0.05) is 35.9 Å². The second-order valence-electron chi connectivity index (χ2n) is 7.31. The third-order valence-corrected chi connectivity index (χ3v) is 5.30. The van der Waals surface area contributed by atoms with Gasteiger partial charge in [0.2, 0.25) is 0 Å². The molecule has 0 spiro atoms. The van der Waals surface area contributed by atoms with Gasteiger partial charge in [-0.05, 0) is 37.4 Å². The summed E-state index contributed by atoms with van der Waals surface area (Å²) in [4.78, 5) is 9.59. The van der Waals surface area contributed by atoms with Crippen molar-refractivity contribution in [3.05, 3.63) is 65.2 Å². The number of rotatable bonds is 7. The van der Waals surface area contributed by atoms with Crippen molar-refractivity contribution in [1.29, 1.82) is 0 Å². The van der Waals surface area contributed by atoms with Crippen molar-refractivity contribution in [3.63, 3.8) is 0 Å². The minimum atomic E-state index is 0.602. The van der Waals surface area contributed by atoms with E-state index in [1.165, 1.54) is 10.9 Å². The smallest absolute Gasteiger partial charge is 0.133 e. The van der Waals surface area contributed by atoms with E-state index in [-0.39, 0.29) is 0 Å². The molecule has 0 amide bonds. The molecule has 6 heteroatoms. The summed E-state index contributed by atoms with van der Waals surface area (Å²) in [5.41, 5.74) is 2.26. The highest BCUT2D eigenvalue weighted by atomic mass is 35.5. The van der Waals surface area contributed by atoms with Crippen LogP contribution in [0.2, 0.25) is 5.02 Å². The van der Waals surface area contributed by atoms with Crippen molar-refractivity contribution < 1.29 is 9.47 Å². The molecule has 3 aromatic rings. The van der Waals surface area contributed by atoms with E-state index >= 15 is 0 Å². The lowest BCUT2D eigenvalue weighted by molar-refractivity contribution is 0.122. The summed E-state index contributed by atoms with van der Waals surface area (Å²) < 4.78 is 11.4. The van der Waals surface area contributed by atoms with Gasteiger partial charge in [0.05, 0.1) is 18.7 Å². The van der Waals surface area contributed by atoms with Crippen LogP contribution in [0.25, 0.3) is 10.9 Å². The molecule has 152 valence electrons. The minimum absolute atomic E-state index is 0.602. The normalized spacial score (nSPS) is 14.5. The molecular weight excluding hydrogens is 386 g/mol. The summed E-state index contributed by atoms with van der Waals surface area (Å²) in [6, 6.07) is 18.1. The van der Waals surface area contributed by atoms with Crippen LogP contribution in [-0.4, -0.2) is 56.4 Å². The fourth-order valence-electron chi connectivity index (χ4n) is 3.56. The van der Waals surface area contributed by atoms with Crippen molar-refractivity contribution in [2.75, 3.05) is 51.4 Å². The fourth-order valence-corrected chi connectivity index (χ4v) is 3.74. The third kappa shape index (κ3) is 5.18. The van der Waals surface area contributed by atoms with Gasteiger partial charge in [-0.25, -0.2) is 4.98 Å².